The van der Waals surface area contributed by atoms with Crippen molar-refractivity contribution in [1.82, 2.24) is 19.7 Å². The SMILES string of the molecule is CCn1cc(Nc2ncc(C(N)=O)c(NCC3CCC3)n2)cn1. The Morgan fingerprint density at radius 2 is 2.26 bits per heavy atom. The van der Waals surface area contributed by atoms with E-state index in [2.05, 4.69) is 25.7 Å². The summed E-state index contributed by atoms with van der Waals surface area (Å²) >= 11 is 0. The maximum Gasteiger partial charge on any atom is 0.254 e. The van der Waals surface area contributed by atoms with Crippen LogP contribution in [-0.2, 0) is 6.54 Å². The predicted molar refractivity (Wildman–Crippen MR) is 87.6 cm³/mol. The maximum absolute atomic E-state index is 11.5. The maximum atomic E-state index is 11.5. The molecule has 1 amide bonds. The van der Waals surface area contributed by atoms with E-state index in [0.717, 1.165) is 18.8 Å². The lowest BCUT2D eigenvalue weighted by Gasteiger charge is -2.25. The number of nitrogens with zero attached hydrogens (tertiary/aromatic N) is 4. The Labute approximate surface area is 134 Å². The first-order chi connectivity index (χ1) is 11.2. The Balaban J connectivity index is 1.75. The van der Waals surface area contributed by atoms with Crippen LogP contribution in [-0.4, -0.2) is 32.2 Å². The van der Waals surface area contributed by atoms with Crippen molar-refractivity contribution in [2.24, 2.45) is 11.7 Å². The number of anilines is 3. The second kappa shape index (κ2) is 6.64. The van der Waals surface area contributed by atoms with Gasteiger partial charge in [-0.05, 0) is 25.7 Å². The van der Waals surface area contributed by atoms with Gasteiger partial charge in [0.15, 0.2) is 0 Å². The van der Waals surface area contributed by atoms with E-state index in [4.69, 9.17) is 5.73 Å². The van der Waals surface area contributed by atoms with Gasteiger partial charge in [0.05, 0.1) is 17.4 Å². The highest BCUT2D eigenvalue weighted by atomic mass is 16.1. The Kier molecular flexibility index (Phi) is 4.40. The number of carbonyl (C=O) groups excluding carboxylic acids is 1. The third-order valence-electron chi connectivity index (χ3n) is 4.05. The molecule has 1 saturated carbocycles. The molecule has 1 aliphatic carbocycles. The molecule has 3 rings (SSSR count). The van der Waals surface area contributed by atoms with Gasteiger partial charge in [0.2, 0.25) is 5.95 Å². The Morgan fingerprint density at radius 1 is 1.43 bits per heavy atom. The van der Waals surface area contributed by atoms with Gasteiger partial charge in [0.25, 0.3) is 5.91 Å². The minimum absolute atomic E-state index is 0.305. The number of hydrogen-bond donors (Lipinski definition) is 3. The first-order valence-electron chi connectivity index (χ1n) is 7.86. The number of hydrogen-bond acceptors (Lipinski definition) is 6. The zero-order valence-electron chi connectivity index (χ0n) is 13.1. The molecule has 8 heteroatoms. The van der Waals surface area contributed by atoms with Crippen molar-refractivity contribution < 1.29 is 4.79 Å². The van der Waals surface area contributed by atoms with Crippen LogP contribution in [0.1, 0.15) is 36.5 Å². The van der Waals surface area contributed by atoms with Gasteiger partial charge in [-0.1, -0.05) is 6.42 Å². The molecule has 2 aromatic rings. The molecule has 0 bridgehead atoms. The summed E-state index contributed by atoms with van der Waals surface area (Å²) in [6.45, 7) is 3.60. The van der Waals surface area contributed by atoms with Crippen LogP contribution >= 0.6 is 0 Å². The molecule has 2 aromatic heterocycles. The van der Waals surface area contributed by atoms with Gasteiger partial charge in [0.1, 0.15) is 5.82 Å². The van der Waals surface area contributed by atoms with Crippen molar-refractivity contribution in [1.29, 1.82) is 0 Å². The number of carbonyl (C=O) groups is 1. The fourth-order valence-electron chi connectivity index (χ4n) is 2.43. The summed E-state index contributed by atoms with van der Waals surface area (Å²) in [5.41, 5.74) is 6.50. The van der Waals surface area contributed by atoms with E-state index in [1.165, 1.54) is 25.5 Å². The van der Waals surface area contributed by atoms with Crippen molar-refractivity contribution >= 4 is 23.4 Å². The highest BCUT2D eigenvalue weighted by Crippen LogP contribution is 2.27. The van der Waals surface area contributed by atoms with Crippen molar-refractivity contribution in [2.75, 3.05) is 17.2 Å². The lowest BCUT2D eigenvalue weighted by molar-refractivity contribution is 0.100. The molecular formula is C15H21N7O. The summed E-state index contributed by atoms with van der Waals surface area (Å²) in [6.07, 6.45) is 8.72. The van der Waals surface area contributed by atoms with Crippen molar-refractivity contribution in [3.8, 4) is 0 Å². The monoisotopic (exact) mass is 315 g/mol. The van der Waals surface area contributed by atoms with E-state index in [9.17, 15) is 4.79 Å². The van der Waals surface area contributed by atoms with Gasteiger partial charge < -0.3 is 16.4 Å². The predicted octanol–water partition coefficient (Wildman–Crippen LogP) is 1.75. The molecule has 2 heterocycles. The Hall–Kier alpha value is -2.64. The smallest absolute Gasteiger partial charge is 0.254 e. The normalized spacial score (nSPS) is 14.3. The molecule has 23 heavy (non-hydrogen) atoms. The van der Waals surface area contributed by atoms with Crippen molar-refractivity contribution in [3.63, 3.8) is 0 Å². The molecule has 1 fully saturated rings. The number of nitrogens with two attached hydrogens (primary N) is 1. The molecule has 122 valence electrons. The van der Waals surface area contributed by atoms with E-state index >= 15 is 0 Å². The quantitative estimate of drug-likeness (QED) is 0.718. The minimum Gasteiger partial charge on any atom is -0.369 e. The summed E-state index contributed by atoms with van der Waals surface area (Å²) in [5.74, 6) is 0.989. The summed E-state index contributed by atoms with van der Waals surface area (Å²) < 4.78 is 1.80. The molecule has 4 N–H and O–H groups in total. The first kappa shape index (κ1) is 15.3. The molecule has 0 aromatic carbocycles. The van der Waals surface area contributed by atoms with Crippen molar-refractivity contribution in [3.05, 3.63) is 24.2 Å². The van der Waals surface area contributed by atoms with Crippen molar-refractivity contribution in [2.45, 2.75) is 32.7 Å². The van der Waals surface area contributed by atoms with Crippen LogP contribution in [0.2, 0.25) is 0 Å². The lowest BCUT2D eigenvalue weighted by atomic mass is 9.85. The fraction of sp³-hybridized carbons (Fsp3) is 0.467. The topological polar surface area (TPSA) is 111 Å². The summed E-state index contributed by atoms with van der Waals surface area (Å²) in [7, 11) is 0. The highest BCUT2D eigenvalue weighted by Gasteiger charge is 2.19. The summed E-state index contributed by atoms with van der Waals surface area (Å²) in [4.78, 5) is 20.1. The Bertz CT molecular complexity index is 693. The van der Waals surface area contributed by atoms with E-state index in [1.54, 1.807) is 10.9 Å². The Morgan fingerprint density at radius 3 is 2.87 bits per heavy atom. The standard InChI is InChI=1S/C15H21N7O/c1-2-22-9-11(7-19-22)20-15-18-8-12(13(16)23)14(21-15)17-6-10-4-3-5-10/h7-10H,2-6H2,1H3,(H2,16,23)(H2,17,18,20,21). The van der Waals surface area contributed by atoms with Gasteiger partial charge in [-0.2, -0.15) is 10.1 Å². The van der Waals surface area contributed by atoms with Gasteiger partial charge >= 0.3 is 0 Å². The molecule has 1 aliphatic rings. The third kappa shape index (κ3) is 3.58. The second-order valence-electron chi connectivity index (χ2n) is 5.71. The van der Waals surface area contributed by atoms with E-state index in [1.807, 2.05) is 13.1 Å². The number of aryl methyl sites for hydroxylation is 1. The van der Waals surface area contributed by atoms with E-state index < -0.39 is 5.91 Å². The van der Waals surface area contributed by atoms with Gasteiger partial charge in [-0.3, -0.25) is 9.48 Å². The van der Waals surface area contributed by atoms with Crippen LogP contribution in [0.4, 0.5) is 17.5 Å². The number of rotatable bonds is 7. The number of primary amides is 1. The van der Waals surface area contributed by atoms with Crippen LogP contribution < -0.4 is 16.4 Å². The third-order valence-corrected chi connectivity index (χ3v) is 4.05. The molecule has 0 saturated heterocycles. The zero-order chi connectivity index (χ0) is 16.2. The average molecular weight is 315 g/mol. The second-order valence-corrected chi connectivity index (χ2v) is 5.71. The summed E-state index contributed by atoms with van der Waals surface area (Å²) in [6, 6.07) is 0. The van der Waals surface area contributed by atoms with Crippen LogP contribution in [0.3, 0.4) is 0 Å². The van der Waals surface area contributed by atoms with Crippen LogP contribution in [0.5, 0.6) is 0 Å². The zero-order valence-corrected chi connectivity index (χ0v) is 13.1. The average Bonchev–Trinajstić information content (AvgIpc) is 2.93. The molecule has 8 nitrogen and oxygen atoms in total. The minimum atomic E-state index is -0.536. The van der Waals surface area contributed by atoms with E-state index in [0.29, 0.717) is 23.2 Å². The van der Waals surface area contributed by atoms with Gasteiger partial charge in [-0.25, -0.2) is 4.98 Å². The van der Waals surface area contributed by atoms with Crippen LogP contribution in [0, 0.1) is 5.92 Å². The number of aromatic nitrogens is 4. The van der Waals surface area contributed by atoms with Crippen LogP contribution in [0.15, 0.2) is 18.6 Å². The molecular weight excluding hydrogens is 294 g/mol. The molecule has 0 radical (unpaired) electrons. The highest BCUT2D eigenvalue weighted by molar-refractivity contribution is 5.97. The fourth-order valence-corrected chi connectivity index (χ4v) is 2.43. The summed E-state index contributed by atoms with van der Waals surface area (Å²) in [5, 5.41) is 10.5. The van der Waals surface area contributed by atoms with Crippen LogP contribution in [0.25, 0.3) is 0 Å². The largest absolute Gasteiger partial charge is 0.369 e. The number of nitrogens with one attached hydrogen (secondary N) is 2. The molecule has 0 atom stereocenters. The molecule has 0 unspecified atom stereocenters. The first-order valence-corrected chi connectivity index (χ1v) is 7.86. The number of amides is 1. The van der Waals surface area contributed by atoms with E-state index in [-0.39, 0.29) is 0 Å². The molecule has 0 aliphatic heterocycles. The lowest BCUT2D eigenvalue weighted by Crippen LogP contribution is -2.24. The molecule has 0 spiro atoms. The van der Waals surface area contributed by atoms with Gasteiger partial charge in [0, 0.05) is 25.5 Å². The van der Waals surface area contributed by atoms with Gasteiger partial charge in [-0.15, -0.1) is 0 Å².